The molecule has 0 fully saturated rings. The molecule has 1 aromatic rings. The van der Waals surface area contributed by atoms with Gasteiger partial charge >= 0.3 is 0 Å². The van der Waals surface area contributed by atoms with Gasteiger partial charge in [-0.15, -0.1) is 11.3 Å². The number of hydrogen-bond acceptors (Lipinski definition) is 4. The van der Waals surface area contributed by atoms with Crippen molar-refractivity contribution >= 4 is 26.5 Å². The molecular weight excluding hydrogens is 208 g/mol. The third-order valence-electron chi connectivity index (χ3n) is 1.34. The first kappa shape index (κ1) is 10.5. The molecule has 0 radical (unpaired) electrons. The molecule has 0 aliphatic carbocycles. The molecule has 0 saturated carbocycles. The van der Waals surface area contributed by atoms with Gasteiger partial charge in [-0.3, -0.25) is 4.72 Å². The summed E-state index contributed by atoms with van der Waals surface area (Å²) in [5.41, 5.74) is 0. The monoisotopic (exact) mass is 220 g/mol. The van der Waals surface area contributed by atoms with Gasteiger partial charge < -0.3 is 0 Å². The number of aryl methyl sites for hydroxylation is 1. The van der Waals surface area contributed by atoms with Gasteiger partial charge in [-0.2, -0.15) is 0 Å². The Hall–Kier alpha value is -0.620. The lowest BCUT2D eigenvalue weighted by molar-refractivity contribution is 0.600. The Morgan fingerprint density at radius 3 is 2.77 bits per heavy atom. The van der Waals surface area contributed by atoms with Gasteiger partial charge in [0.15, 0.2) is 5.13 Å². The van der Waals surface area contributed by atoms with Crippen LogP contribution < -0.4 is 4.72 Å². The number of rotatable bonds is 4. The van der Waals surface area contributed by atoms with Crippen LogP contribution in [-0.2, 0) is 10.0 Å². The van der Waals surface area contributed by atoms with Crippen molar-refractivity contribution in [1.29, 1.82) is 0 Å². The molecule has 1 aromatic heterocycles. The molecule has 0 aliphatic rings. The SMILES string of the molecule is CCCS(=O)(=O)Nc1ncc(C)s1. The Bertz CT molecular complexity index is 370. The second-order valence-electron chi connectivity index (χ2n) is 2.70. The van der Waals surface area contributed by atoms with Gasteiger partial charge in [0.1, 0.15) is 0 Å². The van der Waals surface area contributed by atoms with Crippen LogP contribution in [0.5, 0.6) is 0 Å². The summed E-state index contributed by atoms with van der Waals surface area (Å²) in [4.78, 5) is 4.91. The molecule has 1 N–H and O–H groups in total. The molecule has 74 valence electrons. The average molecular weight is 220 g/mol. The van der Waals surface area contributed by atoms with Crippen molar-refractivity contribution in [3.63, 3.8) is 0 Å². The predicted molar refractivity (Wildman–Crippen MR) is 54.6 cm³/mol. The minimum absolute atomic E-state index is 0.144. The minimum atomic E-state index is -3.17. The lowest BCUT2D eigenvalue weighted by Gasteiger charge is -2.01. The van der Waals surface area contributed by atoms with E-state index in [9.17, 15) is 8.42 Å². The van der Waals surface area contributed by atoms with Crippen LogP contribution in [0.3, 0.4) is 0 Å². The third-order valence-corrected chi connectivity index (χ3v) is 3.74. The molecule has 0 amide bonds. The molecule has 1 heterocycles. The van der Waals surface area contributed by atoms with E-state index >= 15 is 0 Å². The van der Waals surface area contributed by atoms with Crippen LogP contribution in [-0.4, -0.2) is 19.2 Å². The summed E-state index contributed by atoms with van der Waals surface area (Å²) in [6.07, 6.45) is 2.26. The van der Waals surface area contributed by atoms with Crippen LogP contribution in [0.2, 0.25) is 0 Å². The van der Waals surface area contributed by atoms with Crippen molar-refractivity contribution < 1.29 is 8.42 Å². The first-order chi connectivity index (χ1) is 6.03. The highest BCUT2D eigenvalue weighted by molar-refractivity contribution is 7.92. The molecular formula is C7H12N2O2S2. The van der Waals surface area contributed by atoms with Crippen molar-refractivity contribution in [2.45, 2.75) is 20.3 Å². The largest absolute Gasteiger partial charge is 0.259 e. The maximum absolute atomic E-state index is 11.3. The second-order valence-corrected chi connectivity index (χ2v) is 5.77. The molecule has 0 saturated heterocycles. The van der Waals surface area contributed by atoms with Gasteiger partial charge in [0.2, 0.25) is 10.0 Å². The number of hydrogen-bond donors (Lipinski definition) is 1. The fourth-order valence-corrected chi connectivity index (χ4v) is 2.88. The van der Waals surface area contributed by atoms with Gasteiger partial charge in [-0.05, 0) is 13.3 Å². The number of thiazole rings is 1. The van der Waals surface area contributed by atoms with Crippen molar-refractivity contribution in [3.8, 4) is 0 Å². The Balaban J connectivity index is 2.69. The Labute approximate surface area is 82.1 Å². The smallest absolute Gasteiger partial charge is 0.234 e. The van der Waals surface area contributed by atoms with Crippen molar-refractivity contribution in [1.82, 2.24) is 4.98 Å². The van der Waals surface area contributed by atoms with E-state index in [1.807, 2.05) is 13.8 Å². The van der Waals surface area contributed by atoms with E-state index in [0.29, 0.717) is 11.6 Å². The third kappa shape index (κ3) is 3.31. The lowest BCUT2D eigenvalue weighted by atomic mass is 10.6. The van der Waals surface area contributed by atoms with Crippen LogP contribution in [0.15, 0.2) is 6.20 Å². The highest BCUT2D eigenvalue weighted by atomic mass is 32.2. The maximum Gasteiger partial charge on any atom is 0.234 e. The summed E-state index contributed by atoms with van der Waals surface area (Å²) in [5.74, 6) is 0.144. The van der Waals surface area contributed by atoms with Crippen molar-refractivity contribution in [2.24, 2.45) is 0 Å². The molecule has 4 nitrogen and oxygen atoms in total. The summed E-state index contributed by atoms with van der Waals surface area (Å²) in [7, 11) is -3.17. The maximum atomic E-state index is 11.3. The Morgan fingerprint density at radius 2 is 2.31 bits per heavy atom. The van der Waals surface area contributed by atoms with E-state index in [2.05, 4.69) is 9.71 Å². The molecule has 0 bridgehead atoms. The molecule has 0 aliphatic heterocycles. The first-order valence-corrected chi connectivity index (χ1v) is 6.43. The highest BCUT2D eigenvalue weighted by Crippen LogP contribution is 2.17. The fourth-order valence-electron chi connectivity index (χ4n) is 0.855. The van der Waals surface area contributed by atoms with Crippen LogP contribution in [0.4, 0.5) is 5.13 Å². The Morgan fingerprint density at radius 1 is 1.62 bits per heavy atom. The lowest BCUT2D eigenvalue weighted by Crippen LogP contribution is -2.15. The normalized spacial score (nSPS) is 11.5. The second kappa shape index (κ2) is 4.06. The molecule has 0 unspecified atom stereocenters. The molecule has 0 atom stereocenters. The van der Waals surface area contributed by atoms with Crippen LogP contribution >= 0.6 is 11.3 Å². The summed E-state index contributed by atoms with van der Waals surface area (Å²) in [6, 6.07) is 0. The van der Waals surface area contributed by atoms with Crippen LogP contribution in [0.25, 0.3) is 0 Å². The molecule has 6 heteroatoms. The van der Waals surface area contributed by atoms with Gasteiger partial charge in [0.05, 0.1) is 5.75 Å². The molecule has 13 heavy (non-hydrogen) atoms. The van der Waals surface area contributed by atoms with E-state index in [1.54, 1.807) is 6.20 Å². The van der Waals surface area contributed by atoms with E-state index in [4.69, 9.17) is 0 Å². The Kier molecular flexibility index (Phi) is 3.27. The summed E-state index contributed by atoms with van der Waals surface area (Å²) in [6.45, 7) is 3.71. The van der Waals surface area contributed by atoms with Crippen LogP contribution in [0.1, 0.15) is 18.2 Å². The summed E-state index contributed by atoms with van der Waals surface area (Å²) in [5, 5.41) is 0.450. The zero-order valence-electron chi connectivity index (χ0n) is 7.57. The van der Waals surface area contributed by atoms with Gasteiger partial charge in [-0.25, -0.2) is 13.4 Å². The first-order valence-electron chi connectivity index (χ1n) is 3.96. The zero-order valence-corrected chi connectivity index (χ0v) is 9.20. The number of nitrogens with one attached hydrogen (secondary N) is 1. The van der Waals surface area contributed by atoms with E-state index in [0.717, 1.165) is 4.88 Å². The fraction of sp³-hybridized carbons (Fsp3) is 0.571. The van der Waals surface area contributed by atoms with Crippen molar-refractivity contribution in [2.75, 3.05) is 10.5 Å². The number of aromatic nitrogens is 1. The standard InChI is InChI=1S/C7H12N2O2S2/c1-3-4-13(10,11)9-7-8-5-6(2)12-7/h5H,3-4H2,1-2H3,(H,8,9). The topological polar surface area (TPSA) is 59.1 Å². The number of nitrogens with zero attached hydrogens (tertiary/aromatic N) is 1. The quantitative estimate of drug-likeness (QED) is 0.838. The molecule has 0 aromatic carbocycles. The summed E-state index contributed by atoms with van der Waals surface area (Å²) < 4.78 is 24.9. The zero-order chi connectivity index (χ0) is 9.90. The minimum Gasteiger partial charge on any atom is -0.259 e. The van der Waals surface area contributed by atoms with Gasteiger partial charge in [-0.1, -0.05) is 6.92 Å². The number of sulfonamides is 1. The average Bonchev–Trinajstić information content (AvgIpc) is 2.34. The summed E-state index contributed by atoms with van der Waals surface area (Å²) >= 11 is 1.34. The van der Waals surface area contributed by atoms with Gasteiger partial charge in [0, 0.05) is 11.1 Å². The predicted octanol–water partition coefficient (Wildman–Crippen LogP) is 1.60. The van der Waals surface area contributed by atoms with Crippen molar-refractivity contribution in [3.05, 3.63) is 11.1 Å². The number of anilines is 1. The molecule has 1 rings (SSSR count). The van der Waals surface area contributed by atoms with Crippen LogP contribution in [0, 0.1) is 6.92 Å². The highest BCUT2D eigenvalue weighted by Gasteiger charge is 2.10. The van der Waals surface area contributed by atoms with E-state index in [-0.39, 0.29) is 5.75 Å². The van der Waals surface area contributed by atoms with Gasteiger partial charge in [0.25, 0.3) is 0 Å². The van der Waals surface area contributed by atoms with E-state index in [1.165, 1.54) is 11.3 Å². The van der Waals surface area contributed by atoms with E-state index < -0.39 is 10.0 Å². The molecule has 0 spiro atoms.